The monoisotopic (exact) mass is 598 g/mol. The zero-order chi connectivity index (χ0) is 27.6. The molecule has 1 N–H and O–H groups in total. The third-order valence-corrected chi connectivity index (χ3v) is 7.67. The highest BCUT2D eigenvalue weighted by Gasteiger charge is 2.33. The molecule has 0 radical (unpaired) electrons. The van der Waals surface area contributed by atoms with Gasteiger partial charge in [0.2, 0.25) is 0 Å². The van der Waals surface area contributed by atoms with Crippen LogP contribution in [-0.4, -0.2) is 36.5 Å². The Bertz CT molecular complexity index is 1640. The first-order valence-corrected chi connectivity index (χ1v) is 13.4. The van der Waals surface area contributed by atoms with Crippen molar-refractivity contribution in [1.82, 2.24) is 4.57 Å². The number of phenols is 1. The fraction of sp³-hybridized carbons (Fsp3) is 0.250. The number of methoxy groups -OCH3 is 2. The van der Waals surface area contributed by atoms with Crippen LogP contribution >= 0.6 is 27.3 Å². The van der Waals surface area contributed by atoms with Crippen LogP contribution < -0.4 is 24.4 Å². The van der Waals surface area contributed by atoms with E-state index in [0.29, 0.717) is 59.7 Å². The van der Waals surface area contributed by atoms with Gasteiger partial charge >= 0.3 is 5.97 Å². The van der Waals surface area contributed by atoms with Gasteiger partial charge in [0.15, 0.2) is 16.3 Å². The maximum atomic E-state index is 13.8. The van der Waals surface area contributed by atoms with Gasteiger partial charge in [0.05, 0.1) is 47.1 Å². The molecule has 1 aromatic heterocycles. The number of ether oxygens (including phenoxy) is 3. The van der Waals surface area contributed by atoms with Crippen molar-refractivity contribution >= 4 is 39.3 Å². The number of allylic oxidation sites excluding steroid dienone is 2. The van der Waals surface area contributed by atoms with Crippen molar-refractivity contribution in [3.8, 4) is 17.2 Å². The largest absolute Gasteiger partial charge is 0.504 e. The number of carbonyl (C=O) groups is 1. The van der Waals surface area contributed by atoms with E-state index in [1.807, 2.05) is 12.1 Å². The second-order valence-corrected chi connectivity index (χ2v) is 10.3. The summed E-state index contributed by atoms with van der Waals surface area (Å²) in [6, 6.07) is 8.11. The van der Waals surface area contributed by atoms with Crippen molar-refractivity contribution in [1.29, 1.82) is 0 Å². The molecule has 8 nitrogen and oxygen atoms in total. The van der Waals surface area contributed by atoms with Crippen molar-refractivity contribution in [2.75, 3.05) is 20.8 Å². The molecule has 3 aromatic rings. The summed E-state index contributed by atoms with van der Waals surface area (Å²) in [5, 5.41) is 10.4. The minimum atomic E-state index is -0.750. The van der Waals surface area contributed by atoms with E-state index < -0.39 is 12.0 Å². The third kappa shape index (κ3) is 5.06. The van der Waals surface area contributed by atoms with Gasteiger partial charge in [0, 0.05) is 5.56 Å². The Kier molecular flexibility index (Phi) is 8.23. The number of aromatic hydroxyl groups is 1. The molecule has 0 saturated carbocycles. The van der Waals surface area contributed by atoms with Gasteiger partial charge in [-0.15, -0.1) is 6.58 Å². The zero-order valence-electron chi connectivity index (χ0n) is 21.4. The van der Waals surface area contributed by atoms with Gasteiger partial charge in [-0.05, 0) is 77.7 Å². The van der Waals surface area contributed by atoms with Gasteiger partial charge in [-0.25, -0.2) is 9.79 Å². The number of fused-ring (bicyclic) bond motifs is 1. The number of halogens is 1. The van der Waals surface area contributed by atoms with Crippen LogP contribution in [0.4, 0.5) is 0 Å². The van der Waals surface area contributed by atoms with Crippen molar-refractivity contribution in [3.63, 3.8) is 0 Å². The summed E-state index contributed by atoms with van der Waals surface area (Å²) in [7, 11) is 3.03. The Hall–Kier alpha value is -3.63. The van der Waals surface area contributed by atoms with Crippen molar-refractivity contribution < 1.29 is 24.1 Å². The topological polar surface area (TPSA) is 99.4 Å². The molecule has 0 amide bonds. The van der Waals surface area contributed by atoms with Crippen LogP contribution in [0, 0.1) is 0 Å². The minimum Gasteiger partial charge on any atom is -0.504 e. The molecule has 1 aliphatic heterocycles. The van der Waals surface area contributed by atoms with E-state index in [0.717, 1.165) is 0 Å². The summed E-state index contributed by atoms with van der Waals surface area (Å²) in [6.07, 6.45) is 3.83. The smallest absolute Gasteiger partial charge is 0.338 e. The van der Waals surface area contributed by atoms with Crippen LogP contribution in [0.15, 0.2) is 68.5 Å². The lowest BCUT2D eigenvalue weighted by Gasteiger charge is -2.25. The van der Waals surface area contributed by atoms with Crippen LogP contribution in [0.1, 0.15) is 36.6 Å². The van der Waals surface area contributed by atoms with E-state index in [1.165, 1.54) is 23.0 Å². The molecule has 0 saturated heterocycles. The number of hydrogen-bond donors (Lipinski definition) is 1. The van der Waals surface area contributed by atoms with Gasteiger partial charge in [0.25, 0.3) is 5.56 Å². The highest BCUT2D eigenvalue weighted by molar-refractivity contribution is 9.10. The number of carbonyl (C=O) groups excluding carboxylic acids is 1. The summed E-state index contributed by atoms with van der Waals surface area (Å²) in [4.78, 5) is 32.0. The maximum absolute atomic E-state index is 13.8. The standard InChI is InChI=1S/C28H27BrN2O6S/c1-6-8-18-11-16(12-21(36-5)25(18)32)13-22-26(33)31-24(17-9-10-20(35-4)19(29)14-17)23(27(34)37-7-2)15(3)30-28(31)38-22/h6,9-14,24,32H,1,7-8H2,2-5H3/b22-13+/t24-/m0/s1. The second-order valence-electron chi connectivity index (χ2n) is 8.42. The van der Waals surface area contributed by atoms with Crippen molar-refractivity contribution in [2.45, 2.75) is 26.3 Å². The molecule has 0 aliphatic carbocycles. The first kappa shape index (κ1) is 27.4. The van der Waals surface area contributed by atoms with Gasteiger partial charge in [-0.2, -0.15) is 0 Å². The molecule has 2 aromatic carbocycles. The summed E-state index contributed by atoms with van der Waals surface area (Å²) in [5.74, 6) is 0.420. The average molecular weight is 600 g/mol. The summed E-state index contributed by atoms with van der Waals surface area (Å²) in [5.41, 5.74) is 2.46. The Morgan fingerprint density at radius 3 is 2.61 bits per heavy atom. The highest BCUT2D eigenvalue weighted by Crippen LogP contribution is 2.35. The molecule has 198 valence electrons. The molecule has 1 aliphatic rings. The average Bonchev–Trinajstić information content (AvgIpc) is 3.19. The van der Waals surface area contributed by atoms with Crippen LogP contribution in [0.2, 0.25) is 0 Å². The summed E-state index contributed by atoms with van der Waals surface area (Å²) < 4.78 is 18.7. The van der Waals surface area contributed by atoms with E-state index in [9.17, 15) is 14.7 Å². The number of esters is 1. The lowest BCUT2D eigenvalue weighted by molar-refractivity contribution is -0.139. The number of nitrogens with zero attached hydrogens (tertiary/aromatic N) is 2. The number of rotatable bonds is 8. The van der Waals surface area contributed by atoms with E-state index in [4.69, 9.17) is 14.2 Å². The fourth-order valence-corrected chi connectivity index (χ4v) is 5.96. The number of thiazole rings is 1. The van der Waals surface area contributed by atoms with Crippen LogP contribution in [0.25, 0.3) is 6.08 Å². The normalized spacial score (nSPS) is 15.1. The lowest BCUT2D eigenvalue weighted by Crippen LogP contribution is -2.40. The van der Waals surface area contributed by atoms with Crippen molar-refractivity contribution in [3.05, 3.63) is 95.1 Å². The molecule has 2 heterocycles. The SMILES string of the molecule is C=CCc1cc(/C=c2/sc3n(c2=O)[C@@H](c2ccc(OC)c(Br)c2)C(C(=O)OCC)=C(C)N=3)cc(OC)c1O. The Balaban J connectivity index is 1.96. The molecule has 4 rings (SSSR count). The lowest BCUT2D eigenvalue weighted by atomic mass is 9.96. The predicted octanol–water partition coefficient (Wildman–Crippen LogP) is 4.01. The van der Waals surface area contributed by atoms with Crippen molar-refractivity contribution in [2.24, 2.45) is 4.99 Å². The molecule has 1 atom stereocenters. The highest BCUT2D eigenvalue weighted by atomic mass is 79.9. The van der Waals surface area contributed by atoms with Gasteiger partial charge in [0.1, 0.15) is 5.75 Å². The van der Waals surface area contributed by atoms with Gasteiger partial charge < -0.3 is 19.3 Å². The quantitative estimate of drug-likeness (QED) is 0.311. The summed E-state index contributed by atoms with van der Waals surface area (Å²) >= 11 is 4.73. The second kappa shape index (κ2) is 11.4. The third-order valence-electron chi connectivity index (χ3n) is 6.07. The molecule has 0 spiro atoms. The van der Waals surface area contributed by atoms with E-state index in [2.05, 4.69) is 27.5 Å². The number of benzene rings is 2. The minimum absolute atomic E-state index is 0.0331. The van der Waals surface area contributed by atoms with E-state index in [-0.39, 0.29) is 17.9 Å². The molecule has 0 unspecified atom stereocenters. The van der Waals surface area contributed by atoms with E-state index in [1.54, 1.807) is 51.3 Å². The van der Waals surface area contributed by atoms with Gasteiger partial charge in [-0.1, -0.05) is 23.5 Å². The van der Waals surface area contributed by atoms with Gasteiger partial charge in [-0.3, -0.25) is 9.36 Å². The molecule has 0 fully saturated rings. The molecular weight excluding hydrogens is 572 g/mol. The molecule has 0 bridgehead atoms. The number of aromatic nitrogens is 1. The zero-order valence-corrected chi connectivity index (χ0v) is 23.8. The first-order valence-electron chi connectivity index (χ1n) is 11.8. The van der Waals surface area contributed by atoms with Crippen LogP contribution in [-0.2, 0) is 16.0 Å². The van der Waals surface area contributed by atoms with Crippen LogP contribution in [0.3, 0.4) is 0 Å². The summed E-state index contributed by atoms with van der Waals surface area (Å²) in [6.45, 7) is 7.40. The first-order chi connectivity index (χ1) is 18.2. The Labute approximate surface area is 232 Å². The number of hydrogen-bond acceptors (Lipinski definition) is 8. The molecular formula is C28H27BrN2O6S. The Morgan fingerprint density at radius 1 is 1.24 bits per heavy atom. The fourth-order valence-electron chi connectivity index (χ4n) is 4.35. The predicted molar refractivity (Wildman–Crippen MR) is 150 cm³/mol. The molecule has 38 heavy (non-hydrogen) atoms. The molecule has 10 heteroatoms. The van der Waals surface area contributed by atoms with Crippen LogP contribution in [0.5, 0.6) is 17.2 Å². The number of phenolic OH excluding ortho intramolecular Hbond substituents is 1. The van der Waals surface area contributed by atoms with E-state index >= 15 is 0 Å². The Morgan fingerprint density at radius 2 is 1.97 bits per heavy atom. The maximum Gasteiger partial charge on any atom is 0.338 e.